The van der Waals surface area contributed by atoms with Crippen molar-refractivity contribution in [2.75, 3.05) is 7.05 Å². The van der Waals surface area contributed by atoms with Gasteiger partial charge in [-0.15, -0.1) is 0 Å². The number of carbonyl (C=O) groups excluding carboxylic acids is 2. The Hall–Kier alpha value is -2.41. The highest BCUT2D eigenvalue weighted by Crippen LogP contribution is 2.33. The molecule has 1 heterocycles. The number of nitrogens with zero attached hydrogens (tertiary/aromatic N) is 1. The van der Waals surface area contributed by atoms with E-state index in [1.54, 1.807) is 0 Å². The van der Waals surface area contributed by atoms with Crippen molar-refractivity contribution >= 4 is 23.4 Å². The molecule has 0 aliphatic rings. The topological polar surface area (TPSA) is 84.2 Å². The highest BCUT2D eigenvalue weighted by atomic mass is 35.5. The van der Waals surface area contributed by atoms with E-state index >= 15 is 0 Å². The number of aromatic nitrogens is 1. The van der Waals surface area contributed by atoms with Crippen molar-refractivity contribution in [1.29, 1.82) is 0 Å². The first kappa shape index (κ1) is 19.9. The van der Waals surface area contributed by atoms with Gasteiger partial charge in [0.1, 0.15) is 28.9 Å². The van der Waals surface area contributed by atoms with Crippen LogP contribution in [0.4, 0.5) is 4.39 Å². The summed E-state index contributed by atoms with van der Waals surface area (Å²) in [6.07, 6.45) is 0. The zero-order chi connectivity index (χ0) is 19.6. The maximum Gasteiger partial charge on any atom is 0.257 e. The molecule has 0 spiro atoms. The van der Waals surface area contributed by atoms with Gasteiger partial charge in [0.25, 0.3) is 5.91 Å². The molecular formula is C18H21ClFN3O3. The first-order valence-electron chi connectivity index (χ1n) is 8.01. The van der Waals surface area contributed by atoms with E-state index in [-0.39, 0.29) is 33.5 Å². The zero-order valence-electron chi connectivity index (χ0n) is 15.2. The minimum Gasteiger partial charge on any atom is -0.360 e. The monoisotopic (exact) mass is 381 g/mol. The average molecular weight is 382 g/mol. The largest absolute Gasteiger partial charge is 0.360 e. The Morgan fingerprint density at radius 3 is 2.50 bits per heavy atom. The summed E-state index contributed by atoms with van der Waals surface area (Å²) >= 11 is 6.08. The molecule has 140 valence electrons. The molecule has 2 N–H and O–H groups in total. The van der Waals surface area contributed by atoms with E-state index in [0.717, 1.165) is 0 Å². The van der Waals surface area contributed by atoms with Crippen LogP contribution in [-0.4, -0.2) is 30.1 Å². The molecule has 0 unspecified atom stereocenters. The van der Waals surface area contributed by atoms with Crippen LogP contribution in [0, 0.1) is 18.2 Å². The Labute approximate surface area is 156 Å². The molecule has 0 saturated heterocycles. The standard InChI is InChI=1S/C18H21ClFN3O3/c1-9-12(16(24)22-15(17(25)21-5)18(2,3)4)14(23-26-9)13-10(19)7-6-8-11(13)20/h6-8,15H,1-5H3,(H,21,25)(H,22,24)/t15-/m0/s1. The highest BCUT2D eigenvalue weighted by Gasteiger charge is 2.34. The molecule has 0 radical (unpaired) electrons. The van der Waals surface area contributed by atoms with Crippen molar-refractivity contribution in [1.82, 2.24) is 15.8 Å². The van der Waals surface area contributed by atoms with Crippen LogP contribution in [0.25, 0.3) is 11.3 Å². The number of likely N-dealkylation sites (N-methyl/N-ethyl adjacent to an activating group) is 1. The molecule has 2 aromatic rings. The molecule has 6 nitrogen and oxygen atoms in total. The van der Waals surface area contributed by atoms with Crippen molar-refractivity contribution in [2.45, 2.75) is 33.7 Å². The minimum atomic E-state index is -0.807. The third kappa shape index (κ3) is 3.88. The van der Waals surface area contributed by atoms with Crippen molar-refractivity contribution in [3.63, 3.8) is 0 Å². The second-order valence-corrected chi connectivity index (χ2v) is 7.35. The van der Waals surface area contributed by atoms with Gasteiger partial charge in [0, 0.05) is 7.05 Å². The van der Waals surface area contributed by atoms with Crippen LogP contribution in [0.5, 0.6) is 0 Å². The Bertz CT molecular complexity index is 822. The summed E-state index contributed by atoms with van der Waals surface area (Å²) in [5.74, 6) is -1.37. The molecule has 1 aromatic heterocycles. The number of rotatable bonds is 4. The third-order valence-corrected chi connectivity index (χ3v) is 4.25. The lowest BCUT2D eigenvalue weighted by Gasteiger charge is -2.29. The third-order valence-electron chi connectivity index (χ3n) is 3.94. The number of amides is 2. The SMILES string of the molecule is CNC(=O)[C@H](NC(=O)c1c(-c2c(F)cccc2Cl)noc1C)C(C)(C)C. The van der Waals surface area contributed by atoms with Crippen LogP contribution in [0.15, 0.2) is 22.7 Å². The quantitative estimate of drug-likeness (QED) is 0.850. The Kier molecular flexibility index (Phi) is 5.71. The molecule has 0 aliphatic carbocycles. The Morgan fingerprint density at radius 2 is 1.96 bits per heavy atom. The molecule has 0 aliphatic heterocycles. The van der Waals surface area contributed by atoms with E-state index < -0.39 is 23.2 Å². The molecule has 0 saturated carbocycles. The first-order chi connectivity index (χ1) is 12.1. The lowest BCUT2D eigenvalue weighted by atomic mass is 9.86. The van der Waals surface area contributed by atoms with Gasteiger partial charge in [-0.1, -0.05) is 43.6 Å². The van der Waals surface area contributed by atoms with Crippen molar-refractivity contribution in [3.05, 3.63) is 40.4 Å². The van der Waals surface area contributed by atoms with Crippen LogP contribution in [0.3, 0.4) is 0 Å². The summed E-state index contributed by atoms with van der Waals surface area (Å²) in [5, 5.41) is 9.12. The van der Waals surface area contributed by atoms with E-state index in [9.17, 15) is 14.0 Å². The number of nitrogens with one attached hydrogen (secondary N) is 2. The summed E-state index contributed by atoms with van der Waals surface area (Å²) in [5.41, 5.74) is -0.539. The number of benzene rings is 1. The molecule has 2 amide bonds. The van der Waals surface area contributed by atoms with Gasteiger partial charge in [-0.05, 0) is 24.5 Å². The molecule has 8 heteroatoms. The average Bonchev–Trinajstić information content (AvgIpc) is 2.92. The second-order valence-electron chi connectivity index (χ2n) is 6.95. The van der Waals surface area contributed by atoms with Gasteiger partial charge in [0.05, 0.1) is 10.6 Å². The number of carbonyl (C=O) groups is 2. The smallest absolute Gasteiger partial charge is 0.257 e. The molecule has 26 heavy (non-hydrogen) atoms. The first-order valence-corrected chi connectivity index (χ1v) is 8.38. The number of hydrogen-bond acceptors (Lipinski definition) is 4. The van der Waals surface area contributed by atoms with Gasteiger partial charge < -0.3 is 15.2 Å². The minimum absolute atomic E-state index is 0.00679. The summed E-state index contributed by atoms with van der Waals surface area (Å²) < 4.78 is 19.4. The fourth-order valence-corrected chi connectivity index (χ4v) is 2.81. The zero-order valence-corrected chi connectivity index (χ0v) is 16.0. The molecular weight excluding hydrogens is 361 g/mol. The number of halogens is 2. The number of hydrogen-bond donors (Lipinski definition) is 2. The summed E-state index contributed by atoms with van der Waals surface area (Å²) in [6, 6.07) is 3.36. The van der Waals surface area contributed by atoms with Crippen LogP contribution in [0.1, 0.15) is 36.9 Å². The van der Waals surface area contributed by atoms with Crippen LogP contribution >= 0.6 is 11.6 Å². The summed E-state index contributed by atoms with van der Waals surface area (Å²) in [7, 11) is 1.49. The van der Waals surface area contributed by atoms with Gasteiger partial charge in [-0.2, -0.15) is 0 Å². The van der Waals surface area contributed by atoms with Crippen LogP contribution in [-0.2, 0) is 4.79 Å². The van der Waals surface area contributed by atoms with Gasteiger partial charge >= 0.3 is 0 Å². The summed E-state index contributed by atoms with van der Waals surface area (Å²) in [4.78, 5) is 25.0. The predicted molar refractivity (Wildman–Crippen MR) is 96.4 cm³/mol. The number of aryl methyl sites for hydroxylation is 1. The predicted octanol–water partition coefficient (Wildman–Crippen LogP) is 3.33. The normalized spacial score (nSPS) is 12.6. The summed E-state index contributed by atoms with van der Waals surface area (Å²) in [6.45, 7) is 7.00. The fourth-order valence-electron chi connectivity index (χ4n) is 2.56. The van der Waals surface area contributed by atoms with E-state index in [2.05, 4.69) is 15.8 Å². The van der Waals surface area contributed by atoms with E-state index in [4.69, 9.17) is 16.1 Å². The van der Waals surface area contributed by atoms with Crippen LogP contribution < -0.4 is 10.6 Å². The maximum absolute atomic E-state index is 14.3. The molecule has 0 bridgehead atoms. The molecule has 0 fully saturated rings. The van der Waals surface area contributed by atoms with Gasteiger partial charge in [-0.3, -0.25) is 9.59 Å². The van der Waals surface area contributed by atoms with E-state index in [1.807, 2.05) is 20.8 Å². The van der Waals surface area contributed by atoms with Gasteiger partial charge in [-0.25, -0.2) is 4.39 Å². The van der Waals surface area contributed by atoms with Gasteiger partial charge in [0.2, 0.25) is 5.91 Å². The molecule has 2 rings (SSSR count). The Balaban J connectivity index is 2.48. The van der Waals surface area contributed by atoms with E-state index in [1.165, 1.54) is 32.2 Å². The highest BCUT2D eigenvalue weighted by molar-refractivity contribution is 6.33. The van der Waals surface area contributed by atoms with Crippen molar-refractivity contribution < 1.29 is 18.5 Å². The fraction of sp³-hybridized carbons (Fsp3) is 0.389. The van der Waals surface area contributed by atoms with Crippen molar-refractivity contribution in [3.8, 4) is 11.3 Å². The van der Waals surface area contributed by atoms with Gasteiger partial charge in [0.15, 0.2) is 0 Å². The lowest BCUT2D eigenvalue weighted by molar-refractivity contribution is -0.124. The Morgan fingerprint density at radius 1 is 1.31 bits per heavy atom. The molecule has 1 aromatic carbocycles. The van der Waals surface area contributed by atoms with E-state index in [0.29, 0.717) is 0 Å². The second kappa shape index (κ2) is 7.45. The lowest BCUT2D eigenvalue weighted by Crippen LogP contribution is -2.53. The van der Waals surface area contributed by atoms with Crippen LogP contribution in [0.2, 0.25) is 5.02 Å². The maximum atomic E-state index is 14.3. The molecule has 1 atom stereocenters. The van der Waals surface area contributed by atoms with Crippen molar-refractivity contribution in [2.24, 2.45) is 5.41 Å².